The molecule has 7 nitrogen and oxygen atoms in total. The third-order valence-corrected chi connectivity index (χ3v) is 8.42. The van der Waals surface area contributed by atoms with Gasteiger partial charge in [-0.3, -0.25) is 4.79 Å². The van der Waals surface area contributed by atoms with E-state index >= 15 is 0 Å². The van der Waals surface area contributed by atoms with E-state index in [0.29, 0.717) is 24.0 Å². The Balaban J connectivity index is 1.32. The Hall–Kier alpha value is -2.17. The fourth-order valence-electron chi connectivity index (χ4n) is 3.41. The molecule has 1 N–H and O–H groups in total. The van der Waals surface area contributed by atoms with E-state index in [1.54, 1.807) is 11.3 Å². The first-order chi connectivity index (χ1) is 14.5. The normalized spacial score (nSPS) is 18.9. The number of benzene rings is 1. The van der Waals surface area contributed by atoms with Gasteiger partial charge in [-0.05, 0) is 29.3 Å². The minimum Gasteiger partial charge on any atom is -0.416 e. The van der Waals surface area contributed by atoms with Gasteiger partial charge in [-0.1, -0.05) is 48.2 Å². The van der Waals surface area contributed by atoms with Gasteiger partial charge in [0.05, 0.1) is 23.3 Å². The predicted molar refractivity (Wildman–Crippen MR) is 116 cm³/mol. The summed E-state index contributed by atoms with van der Waals surface area (Å²) in [4.78, 5) is 13.6. The molecule has 1 amide bonds. The van der Waals surface area contributed by atoms with E-state index in [4.69, 9.17) is 4.42 Å². The number of hydrogen-bond donors (Lipinski definition) is 1. The maximum Gasteiger partial charge on any atom is 0.277 e. The molecule has 3 aromatic rings. The largest absolute Gasteiger partial charge is 0.416 e. The van der Waals surface area contributed by atoms with Crippen molar-refractivity contribution in [3.8, 4) is 0 Å². The van der Waals surface area contributed by atoms with Crippen molar-refractivity contribution in [2.45, 2.75) is 24.1 Å². The molecule has 30 heavy (non-hydrogen) atoms. The zero-order chi connectivity index (χ0) is 21.0. The second-order valence-corrected chi connectivity index (χ2v) is 11.3. The Morgan fingerprint density at radius 3 is 2.77 bits per heavy atom. The molecule has 0 radical (unpaired) electrons. The molecular formula is C20H21N3O4S3. The van der Waals surface area contributed by atoms with Gasteiger partial charge < -0.3 is 9.73 Å². The minimum absolute atomic E-state index is 0.0222. The molecule has 1 aliphatic heterocycles. The van der Waals surface area contributed by atoms with E-state index in [2.05, 4.69) is 15.5 Å². The Kier molecular flexibility index (Phi) is 6.55. The molecule has 1 fully saturated rings. The molecule has 4 rings (SSSR count). The lowest BCUT2D eigenvalue weighted by Crippen LogP contribution is -2.30. The fraction of sp³-hybridized carbons (Fsp3) is 0.350. The average Bonchev–Trinajstić information content (AvgIpc) is 3.47. The summed E-state index contributed by atoms with van der Waals surface area (Å²) >= 11 is 2.77. The third-order valence-electron chi connectivity index (χ3n) is 4.83. The van der Waals surface area contributed by atoms with Crippen LogP contribution in [0.4, 0.5) is 0 Å². The molecule has 0 aliphatic carbocycles. The SMILES string of the molecule is O=C(CSc1nnc(C[C@@H]2CCS(=O)(=O)C2)o1)N[C@H](c1ccccc1)c1cccs1. The molecule has 1 aromatic carbocycles. The van der Waals surface area contributed by atoms with Crippen molar-refractivity contribution in [2.75, 3.05) is 17.3 Å². The van der Waals surface area contributed by atoms with Gasteiger partial charge in [0.15, 0.2) is 9.84 Å². The lowest BCUT2D eigenvalue weighted by Gasteiger charge is -2.17. The van der Waals surface area contributed by atoms with Gasteiger partial charge in [-0.15, -0.1) is 21.5 Å². The molecule has 0 saturated carbocycles. The molecule has 158 valence electrons. The smallest absolute Gasteiger partial charge is 0.277 e. The van der Waals surface area contributed by atoms with Crippen LogP contribution >= 0.6 is 23.1 Å². The van der Waals surface area contributed by atoms with Gasteiger partial charge in [-0.25, -0.2) is 8.42 Å². The second kappa shape index (κ2) is 9.32. The molecule has 0 spiro atoms. The van der Waals surface area contributed by atoms with Gasteiger partial charge in [0, 0.05) is 11.3 Å². The van der Waals surface area contributed by atoms with Crippen LogP contribution in [-0.4, -0.2) is 41.8 Å². The summed E-state index contributed by atoms with van der Waals surface area (Å²) < 4.78 is 28.7. The topological polar surface area (TPSA) is 102 Å². The highest BCUT2D eigenvalue weighted by Crippen LogP contribution is 2.27. The Morgan fingerprint density at radius 2 is 2.07 bits per heavy atom. The van der Waals surface area contributed by atoms with Crippen LogP contribution in [0.5, 0.6) is 0 Å². The highest BCUT2D eigenvalue weighted by atomic mass is 32.2. The van der Waals surface area contributed by atoms with Crippen LogP contribution in [0, 0.1) is 5.92 Å². The lowest BCUT2D eigenvalue weighted by molar-refractivity contribution is -0.119. The molecule has 2 aromatic heterocycles. The molecular weight excluding hydrogens is 442 g/mol. The number of sulfone groups is 1. The number of carbonyl (C=O) groups is 1. The van der Waals surface area contributed by atoms with E-state index in [1.807, 2.05) is 47.8 Å². The van der Waals surface area contributed by atoms with Crippen LogP contribution in [0.1, 0.15) is 28.8 Å². The van der Waals surface area contributed by atoms with E-state index in [0.717, 1.165) is 10.4 Å². The van der Waals surface area contributed by atoms with Crippen LogP contribution in [0.15, 0.2) is 57.5 Å². The Bertz CT molecular complexity index is 1080. The van der Waals surface area contributed by atoms with Crippen LogP contribution in [0.2, 0.25) is 0 Å². The summed E-state index contributed by atoms with van der Waals surface area (Å²) in [6.07, 6.45) is 1.08. The van der Waals surface area contributed by atoms with E-state index in [1.165, 1.54) is 11.8 Å². The van der Waals surface area contributed by atoms with Crippen molar-refractivity contribution >= 4 is 38.8 Å². The van der Waals surface area contributed by atoms with Crippen molar-refractivity contribution < 1.29 is 17.6 Å². The summed E-state index contributed by atoms with van der Waals surface area (Å²) in [6.45, 7) is 0. The lowest BCUT2D eigenvalue weighted by atomic mass is 10.1. The first-order valence-corrected chi connectivity index (χ1v) is 13.2. The van der Waals surface area contributed by atoms with Gasteiger partial charge in [0.25, 0.3) is 5.22 Å². The maximum atomic E-state index is 12.6. The summed E-state index contributed by atoms with van der Waals surface area (Å²) in [5.41, 5.74) is 1.02. The minimum atomic E-state index is -2.93. The zero-order valence-electron chi connectivity index (χ0n) is 16.1. The maximum absolute atomic E-state index is 12.6. The Labute approximate surface area is 183 Å². The number of thiophene rings is 1. The predicted octanol–water partition coefficient (Wildman–Crippen LogP) is 3.11. The van der Waals surface area contributed by atoms with Crippen molar-refractivity contribution in [2.24, 2.45) is 5.92 Å². The van der Waals surface area contributed by atoms with Crippen LogP contribution in [0.3, 0.4) is 0 Å². The summed E-state index contributed by atoms with van der Waals surface area (Å²) in [7, 11) is -2.93. The van der Waals surface area contributed by atoms with Crippen LogP contribution < -0.4 is 5.32 Å². The number of aromatic nitrogens is 2. The standard InChI is InChI=1S/C20H21N3O4S3/c24-17(21-19(16-7-4-9-28-16)15-5-2-1-3-6-15)12-29-20-23-22-18(27-20)11-14-8-10-30(25,26)13-14/h1-7,9,14,19H,8,10-13H2,(H,21,24)/t14-,19+/m0/s1. The van der Waals surface area contributed by atoms with Gasteiger partial charge in [0.1, 0.15) is 0 Å². The first kappa shape index (κ1) is 21.1. The summed E-state index contributed by atoms with van der Waals surface area (Å²) in [5, 5.41) is 13.3. The van der Waals surface area contributed by atoms with E-state index < -0.39 is 9.84 Å². The number of nitrogens with zero attached hydrogens (tertiary/aromatic N) is 2. The third kappa shape index (κ3) is 5.50. The number of thioether (sulfide) groups is 1. The Morgan fingerprint density at radius 1 is 1.23 bits per heavy atom. The average molecular weight is 464 g/mol. The molecule has 1 saturated heterocycles. The first-order valence-electron chi connectivity index (χ1n) is 9.52. The quantitative estimate of drug-likeness (QED) is 0.512. The molecule has 10 heteroatoms. The van der Waals surface area contributed by atoms with Gasteiger partial charge >= 0.3 is 0 Å². The van der Waals surface area contributed by atoms with Crippen molar-refractivity contribution in [3.05, 3.63) is 64.2 Å². The van der Waals surface area contributed by atoms with Crippen LogP contribution in [-0.2, 0) is 21.1 Å². The molecule has 2 atom stereocenters. The molecule has 0 unspecified atom stereocenters. The van der Waals surface area contributed by atoms with E-state index in [-0.39, 0.29) is 35.1 Å². The number of nitrogens with one attached hydrogen (secondary N) is 1. The zero-order valence-corrected chi connectivity index (χ0v) is 18.5. The van der Waals surface area contributed by atoms with Crippen molar-refractivity contribution in [1.29, 1.82) is 0 Å². The highest BCUT2D eigenvalue weighted by Gasteiger charge is 2.29. The van der Waals surface area contributed by atoms with E-state index in [9.17, 15) is 13.2 Å². The molecule has 1 aliphatic rings. The second-order valence-electron chi connectivity index (χ2n) is 7.15. The number of amides is 1. The van der Waals surface area contributed by atoms with Gasteiger partial charge in [-0.2, -0.15) is 0 Å². The summed E-state index contributed by atoms with van der Waals surface area (Å²) in [6, 6.07) is 13.6. The number of carbonyl (C=O) groups excluding carboxylic acids is 1. The fourth-order valence-corrected chi connectivity index (χ4v) is 6.66. The number of hydrogen-bond acceptors (Lipinski definition) is 8. The van der Waals surface area contributed by atoms with Crippen molar-refractivity contribution in [1.82, 2.24) is 15.5 Å². The molecule has 3 heterocycles. The van der Waals surface area contributed by atoms with Gasteiger partial charge in [0.2, 0.25) is 11.8 Å². The summed E-state index contributed by atoms with van der Waals surface area (Å²) in [5.74, 6) is 0.844. The highest BCUT2D eigenvalue weighted by molar-refractivity contribution is 7.99. The number of rotatable bonds is 8. The monoisotopic (exact) mass is 463 g/mol. The van der Waals surface area contributed by atoms with Crippen LogP contribution in [0.25, 0.3) is 0 Å². The van der Waals surface area contributed by atoms with Crippen molar-refractivity contribution in [3.63, 3.8) is 0 Å². The molecule has 0 bridgehead atoms.